The number of hydrogen-bond donors (Lipinski definition) is 1. The van der Waals surface area contributed by atoms with E-state index >= 15 is 0 Å². The average Bonchev–Trinajstić information content (AvgIpc) is 3.04. The molecule has 0 aliphatic carbocycles. The number of fused-ring (bicyclic) bond motifs is 1. The van der Waals surface area contributed by atoms with Crippen LogP contribution in [0.15, 0.2) is 48.5 Å². The van der Waals surface area contributed by atoms with Gasteiger partial charge < -0.3 is 10.0 Å². The Kier molecular flexibility index (Phi) is 4.90. The Hall–Kier alpha value is -2.68. The van der Waals surface area contributed by atoms with Gasteiger partial charge in [0.15, 0.2) is 0 Å². The minimum absolute atomic E-state index is 0.123. The van der Waals surface area contributed by atoms with E-state index in [0.717, 1.165) is 26.5 Å². The van der Waals surface area contributed by atoms with Crippen molar-refractivity contribution >= 4 is 39.0 Å². The highest BCUT2D eigenvalue weighted by molar-refractivity contribution is 7.19. The lowest BCUT2D eigenvalue weighted by Crippen LogP contribution is -2.20. The predicted molar refractivity (Wildman–Crippen MR) is 101 cm³/mol. The summed E-state index contributed by atoms with van der Waals surface area (Å²) in [7, 11) is 1.94. The number of thiazole rings is 1. The summed E-state index contributed by atoms with van der Waals surface area (Å²) in [4.78, 5) is 10.2. The molecule has 0 unspecified atom stereocenters. The highest BCUT2D eigenvalue weighted by Gasteiger charge is 2.09. The van der Waals surface area contributed by atoms with Crippen LogP contribution in [0, 0.1) is 6.57 Å². The number of aliphatic hydroxyl groups is 1. The van der Waals surface area contributed by atoms with Crippen molar-refractivity contribution in [2.24, 2.45) is 0 Å². The highest BCUT2D eigenvalue weighted by Crippen LogP contribution is 2.29. The molecule has 4 nitrogen and oxygen atoms in total. The number of benzene rings is 2. The van der Waals surface area contributed by atoms with E-state index in [9.17, 15) is 0 Å². The maximum absolute atomic E-state index is 9.00. The fourth-order valence-electron chi connectivity index (χ4n) is 2.39. The lowest BCUT2D eigenvalue weighted by atomic mass is 10.1. The Morgan fingerprint density at radius 3 is 2.67 bits per heavy atom. The molecule has 1 N–H and O–H groups in total. The molecular formula is C19H17N3OS. The van der Waals surface area contributed by atoms with Gasteiger partial charge in [0.25, 0.3) is 0 Å². The van der Waals surface area contributed by atoms with Crippen LogP contribution in [0.2, 0.25) is 0 Å². The predicted octanol–water partition coefficient (Wildman–Crippen LogP) is 4.14. The van der Waals surface area contributed by atoms with Crippen LogP contribution in [0.4, 0.5) is 5.69 Å². The molecular weight excluding hydrogens is 318 g/mol. The van der Waals surface area contributed by atoms with Crippen molar-refractivity contribution in [3.8, 4) is 0 Å². The van der Waals surface area contributed by atoms with Crippen molar-refractivity contribution in [1.29, 1.82) is 0 Å². The first-order valence-corrected chi connectivity index (χ1v) is 8.40. The van der Waals surface area contributed by atoms with Crippen molar-refractivity contribution in [2.75, 3.05) is 25.1 Å². The number of likely N-dealkylation sites (N-methyl/N-ethyl adjacent to an activating group) is 1. The largest absolute Gasteiger partial charge is 0.395 e. The van der Waals surface area contributed by atoms with E-state index in [1.807, 2.05) is 66.6 Å². The molecule has 3 aromatic rings. The fraction of sp³-hybridized carbons (Fsp3) is 0.158. The first kappa shape index (κ1) is 16.2. The second kappa shape index (κ2) is 7.26. The molecule has 24 heavy (non-hydrogen) atoms. The standard InChI is InChI=1S/C19H17N3OS/c1-20-17(19-21-16-5-3-4-6-18(16)24-19)13-14-7-9-15(10-8-14)22(2)11-12-23/h3-10,13,23H,11-12H2,2H3/b17-13-. The van der Waals surface area contributed by atoms with Gasteiger partial charge in [-0.05, 0) is 35.9 Å². The average molecular weight is 335 g/mol. The van der Waals surface area contributed by atoms with Gasteiger partial charge in [-0.1, -0.05) is 24.3 Å². The number of anilines is 1. The molecule has 0 atom stereocenters. The van der Waals surface area contributed by atoms with Crippen molar-refractivity contribution < 1.29 is 5.11 Å². The van der Waals surface area contributed by atoms with Gasteiger partial charge >= 0.3 is 0 Å². The molecule has 0 aliphatic rings. The van der Waals surface area contributed by atoms with Crippen molar-refractivity contribution in [2.45, 2.75) is 0 Å². The van der Waals surface area contributed by atoms with Gasteiger partial charge in [0.05, 0.1) is 23.4 Å². The molecule has 0 saturated heterocycles. The highest BCUT2D eigenvalue weighted by atomic mass is 32.1. The Bertz CT molecular complexity index is 873. The van der Waals surface area contributed by atoms with E-state index in [-0.39, 0.29) is 6.61 Å². The Morgan fingerprint density at radius 1 is 1.25 bits per heavy atom. The van der Waals surface area contributed by atoms with Crippen LogP contribution >= 0.6 is 11.3 Å². The topological polar surface area (TPSA) is 40.7 Å². The number of nitrogens with zero attached hydrogens (tertiary/aromatic N) is 3. The van der Waals surface area contributed by atoms with Crippen LogP contribution in [0.25, 0.3) is 26.8 Å². The van der Waals surface area contributed by atoms with Crippen molar-refractivity contribution in [1.82, 2.24) is 4.98 Å². The first-order valence-electron chi connectivity index (χ1n) is 7.58. The molecule has 0 bridgehead atoms. The summed E-state index contributed by atoms with van der Waals surface area (Å²) >= 11 is 1.53. The fourth-order valence-corrected chi connectivity index (χ4v) is 3.31. The summed E-state index contributed by atoms with van der Waals surface area (Å²) in [6.45, 7) is 8.19. The summed E-state index contributed by atoms with van der Waals surface area (Å²) in [6.07, 6.45) is 1.86. The third-order valence-electron chi connectivity index (χ3n) is 3.71. The molecule has 2 aromatic carbocycles. The first-order chi connectivity index (χ1) is 11.7. The zero-order valence-electron chi connectivity index (χ0n) is 13.3. The van der Waals surface area contributed by atoms with Gasteiger partial charge in [0, 0.05) is 19.3 Å². The summed E-state index contributed by atoms with van der Waals surface area (Å²) in [5, 5.41) is 9.74. The monoisotopic (exact) mass is 335 g/mol. The summed E-state index contributed by atoms with van der Waals surface area (Å²) < 4.78 is 1.09. The number of para-hydroxylation sites is 1. The molecule has 1 aromatic heterocycles. The molecule has 0 fully saturated rings. The molecule has 0 aliphatic heterocycles. The maximum atomic E-state index is 9.00. The smallest absolute Gasteiger partial charge is 0.222 e. The SMILES string of the molecule is [C-]#[N+]/C(=C\c1ccc(N(C)CCO)cc1)c1nc2ccccc2s1. The van der Waals surface area contributed by atoms with Crippen LogP contribution in [0.5, 0.6) is 0 Å². The van der Waals surface area contributed by atoms with Crippen LogP contribution < -0.4 is 4.90 Å². The molecule has 3 rings (SSSR count). The van der Waals surface area contributed by atoms with E-state index in [1.165, 1.54) is 11.3 Å². The van der Waals surface area contributed by atoms with E-state index in [0.29, 0.717) is 12.2 Å². The molecule has 0 spiro atoms. The van der Waals surface area contributed by atoms with E-state index in [2.05, 4.69) is 9.83 Å². The van der Waals surface area contributed by atoms with Crippen molar-refractivity contribution in [3.05, 3.63) is 70.5 Å². The van der Waals surface area contributed by atoms with Crippen LogP contribution in [0.1, 0.15) is 10.6 Å². The van der Waals surface area contributed by atoms with Crippen molar-refractivity contribution in [3.63, 3.8) is 0 Å². The lowest BCUT2D eigenvalue weighted by Gasteiger charge is -2.17. The summed E-state index contributed by atoms with van der Waals surface area (Å²) in [5.74, 6) is 0. The third kappa shape index (κ3) is 3.46. The van der Waals surface area contributed by atoms with Gasteiger partial charge in [0.2, 0.25) is 5.70 Å². The molecule has 0 amide bonds. The molecule has 0 radical (unpaired) electrons. The number of rotatable bonds is 5. The summed E-state index contributed by atoms with van der Waals surface area (Å²) in [6, 6.07) is 15.8. The van der Waals surface area contributed by atoms with Gasteiger partial charge in [-0.15, -0.1) is 11.3 Å². The molecule has 5 heteroatoms. The van der Waals surface area contributed by atoms with E-state index < -0.39 is 0 Å². The van der Waals surface area contributed by atoms with Gasteiger partial charge in [-0.25, -0.2) is 9.83 Å². The Labute approximate surface area is 145 Å². The van der Waals surface area contributed by atoms with Gasteiger partial charge in [-0.2, -0.15) is 0 Å². The zero-order valence-corrected chi connectivity index (χ0v) is 14.1. The van der Waals surface area contributed by atoms with Crippen LogP contribution in [-0.4, -0.2) is 30.3 Å². The van der Waals surface area contributed by atoms with Gasteiger partial charge in [-0.3, -0.25) is 0 Å². The molecule has 0 saturated carbocycles. The maximum Gasteiger partial charge on any atom is 0.222 e. The summed E-state index contributed by atoms with van der Waals surface area (Å²) in [5.41, 5.74) is 3.47. The number of aromatic nitrogens is 1. The Morgan fingerprint density at radius 2 is 2.00 bits per heavy atom. The number of aliphatic hydroxyl groups excluding tert-OH is 1. The van der Waals surface area contributed by atoms with Crippen LogP contribution in [-0.2, 0) is 0 Å². The second-order valence-corrected chi connectivity index (χ2v) is 6.40. The normalized spacial score (nSPS) is 11.5. The molecule has 1 heterocycles. The number of hydrogen-bond acceptors (Lipinski definition) is 4. The minimum atomic E-state index is 0.123. The van der Waals surface area contributed by atoms with E-state index in [4.69, 9.17) is 11.7 Å². The van der Waals surface area contributed by atoms with E-state index in [1.54, 1.807) is 0 Å². The van der Waals surface area contributed by atoms with Crippen LogP contribution in [0.3, 0.4) is 0 Å². The molecule has 120 valence electrons. The quantitative estimate of drug-likeness (QED) is 0.712. The zero-order chi connectivity index (χ0) is 16.9. The second-order valence-electron chi connectivity index (χ2n) is 5.36. The lowest BCUT2D eigenvalue weighted by molar-refractivity contribution is 0.304. The Balaban J connectivity index is 1.89. The third-order valence-corrected chi connectivity index (χ3v) is 4.77. The van der Waals surface area contributed by atoms with Gasteiger partial charge in [0.1, 0.15) is 5.01 Å². The minimum Gasteiger partial charge on any atom is -0.395 e.